The van der Waals surface area contributed by atoms with Crippen molar-refractivity contribution in [3.63, 3.8) is 0 Å². The Morgan fingerprint density at radius 1 is 2.00 bits per heavy atom. The molecule has 0 saturated carbocycles. The van der Waals surface area contributed by atoms with Gasteiger partial charge in [0, 0.05) is 0 Å². The Morgan fingerprint density at radius 2 is 2.50 bits per heavy atom. The number of rotatable bonds is 2. The maximum atomic E-state index is 9.60. The Hall–Kier alpha value is -0.710. The minimum absolute atomic E-state index is 0.218. The van der Waals surface area contributed by atoms with Crippen molar-refractivity contribution in [2.45, 2.75) is 0 Å². The number of thioether (sulfide) groups is 1. The van der Waals surface area contributed by atoms with E-state index in [2.05, 4.69) is 0 Å². The van der Waals surface area contributed by atoms with Crippen molar-refractivity contribution in [2.24, 2.45) is 5.73 Å². The fraction of sp³-hybridized carbons (Fsp3) is 0.333. The molecule has 0 aliphatic carbocycles. The van der Waals surface area contributed by atoms with E-state index in [1.807, 2.05) is 0 Å². The topological polar surface area (TPSA) is 69.2 Å². The summed E-state index contributed by atoms with van der Waals surface area (Å²) in [7, 11) is 0. The molecule has 0 heterocycles. The standard InChI is InChI=1S/C3H6N2O2S/c1-8-3(4)2-5(6)7/h2H,4H2,1H3/b3-2-. The first-order valence-electron chi connectivity index (χ1n) is 1.81. The molecule has 0 fully saturated rings. The second-order valence-electron chi connectivity index (χ2n) is 1.02. The average molecular weight is 134 g/mol. The summed E-state index contributed by atoms with van der Waals surface area (Å²) >= 11 is 1.15. The average Bonchev–Trinajstić information content (AvgIpc) is 1.65. The fourth-order valence-electron chi connectivity index (χ4n) is 0.157. The first-order valence-corrected chi connectivity index (χ1v) is 3.04. The van der Waals surface area contributed by atoms with Crippen LogP contribution in [-0.2, 0) is 0 Å². The molecule has 2 N–H and O–H groups in total. The molecule has 0 unspecified atom stereocenters. The van der Waals surface area contributed by atoms with Crippen LogP contribution in [0.1, 0.15) is 0 Å². The molecule has 0 aromatic heterocycles. The Balaban J connectivity index is 3.75. The molecular formula is C3H6N2O2S. The first-order chi connectivity index (χ1) is 3.66. The Labute approximate surface area is 50.9 Å². The molecule has 0 atom stereocenters. The summed E-state index contributed by atoms with van der Waals surface area (Å²) in [5, 5.41) is 9.82. The summed E-state index contributed by atoms with van der Waals surface area (Å²) < 4.78 is 0. The molecule has 0 aromatic rings. The summed E-state index contributed by atoms with van der Waals surface area (Å²) in [5.41, 5.74) is 5.06. The lowest BCUT2D eigenvalue weighted by Gasteiger charge is -1.85. The van der Waals surface area contributed by atoms with E-state index in [1.54, 1.807) is 6.26 Å². The molecule has 0 rings (SSSR count). The maximum absolute atomic E-state index is 9.60. The van der Waals surface area contributed by atoms with Crippen molar-refractivity contribution >= 4 is 11.8 Å². The largest absolute Gasteiger partial charge is 0.388 e. The van der Waals surface area contributed by atoms with E-state index >= 15 is 0 Å². The molecule has 0 bridgehead atoms. The zero-order chi connectivity index (χ0) is 6.57. The molecule has 46 valence electrons. The van der Waals surface area contributed by atoms with Gasteiger partial charge < -0.3 is 5.73 Å². The number of hydrogen-bond donors (Lipinski definition) is 1. The van der Waals surface area contributed by atoms with Crippen LogP contribution >= 0.6 is 11.8 Å². The van der Waals surface area contributed by atoms with Gasteiger partial charge in [-0.25, -0.2) is 0 Å². The lowest BCUT2D eigenvalue weighted by atomic mass is 10.9. The van der Waals surface area contributed by atoms with Crippen LogP contribution in [0.5, 0.6) is 0 Å². The summed E-state index contributed by atoms with van der Waals surface area (Å²) in [5.74, 6) is 0. The highest BCUT2D eigenvalue weighted by atomic mass is 32.2. The molecule has 0 aliphatic heterocycles. The molecular weight excluding hydrogens is 128 g/mol. The lowest BCUT2D eigenvalue weighted by molar-refractivity contribution is -0.402. The highest BCUT2D eigenvalue weighted by Gasteiger charge is 1.90. The van der Waals surface area contributed by atoms with E-state index in [9.17, 15) is 10.1 Å². The molecule has 5 heteroatoms. The van der Waals surface area contributed by atoms with Crippen molar-refractivity contribution in [1.29, 1.82) is 0 Å². The Morgan fingerprint density at radius 3 is 2.62 bits per heavy atom. The van der Waals surface area contributed by atoms with Crippen molar-refractivity contribution in [2.75, 3.05) is 6.26 Å². The van der Waals surface area contributed by atoms with Crippen LogP contribution < -0.4 is 5.73 Å². The summed E-state index contributed by atoms with van der Waals surface area (Å²) in [6, 6.07) is 0. The molecule has 0 aliphatic rings. The second kappa shape index (κ2) is 3.31. The lowest BCUT2D eigenvalue weighted by Crippen LogP contribution is -1.95. The number of nitrogens with zero attached hydrogens (tertiary/aromatic N) is 1. The van der Waals surface area contributed by atoms with E-state index < -0.39 is 4.92 Å². The third kappa shape index (κ3) is 3.48. The van der Waals surface area contributed by atoms with Gasteiger partial charge in [0.1, 0.15) is 5.03 Å². The van der Waals surface area contributed by atoms with E-state index in [1.165, 1.54) is 0 Å². The second-order valence-corrected chi connectivity index (χ2v) is 1.90. The molecule has 0 amide bonds. The quantitative estimate of drug-likeness (QED) is 0.438. The van der Waals surface area contributed by atoms with Crippen molar-refractivity contribution in [3.05, 3.63) is 21.3 Å². The molecule has 4 nitrogen and oxygen atoms in total. The predicted molar refractivity (Wildman–Crippen MR) is 32.8 cm³/mol. The van der Waals surface area contributed by atoms with Crippen LogP contribution in [0.25, 0.3) is 0 Å². The van der Waals surface area contributed by atoms with Gasteiger partial charge >= 0.3 is 0 Å². The zero-order valence-electron chi connectivity index (χ0n) is 4.33. The van der Waals surface area contributed by atoms with E-state index in [4.69, 9.17) is 5.73 Å². The van der Waals surface area contributed by atoms with Gasteiger partial charge in [-0.05, 0) is 6.26 Å². The SMILES string of the molecule is CS/C(N)=C\[N+](=O)[O-]. The van der Waals surface area contributed by atoms with Gasteiger partial charge in [0.05, 0.1) is 4.92 Å². The van der Waals surface area contributed by atoms with E-state index in [0.717, 1.165) is 18.0 Å². The Bertz CT molecular complexity index is 122. The summed E-state index contributed by atoms with van der Waals surface area (Å²) in [6.07, 6.45) is 2.44. The molecule has 0 radical (unpaired) electrons. The predicted octanol–water partition coefficient (Wildman–Crippen LogP) is 0.384. The highest BCUT2D eigenvalue weighted by molar-refractivity contribution is 8.02. The maximum Gasteiger partial charge on any atom is 0.263 e. The molecule has 0 saturated heterocycles. The minimum atomic E-state index is -0.578. The van der Waals surface area contributed by atoms with Crippen LogP contribution in [0.3, 0.4) is 0 Å². The normalized spacial score (nSPS) is 11.4. The smallest absolute Gasteiger partial charge is 0.263 e. The van der Waals surface area contributed by atoms with E-state index in [-0.39, 0.29) is 5.03 Å². The van der Waals surface area contributed by atoms with Gasteiger partial charge in [0.25, 0.3) is 6.20 Å². The van der Waals surface area contributed by atoms with Crippen LogP contribution in [-0.4, -0.2) is 11.2 Å². The third-order valence-electron chi connectivity index (χ3n) is 0.468. The molecule has 0 spiro atoms. The summed E-state index contributed by atoms with van der Waals surface area (Å²) in [6.45, 7) is 0. The number of hydrogen-bond acceptors (Lipinski definition) is 4. The molecule has 8 heavy (non-hydrogen) atoms. The van der Waals surface area contributed by atoms with Crippen molar-refractivity contribution in [3.8, 4) is 0 Å². The van der Waals surface area contributed by atoms with Crippen molar-refractivity contribution in [1.82, 2.24) is 0 Å². The minimum Gasteiger partial charge on any atom is -0.388 e. The monoisotopic (exact) mass is 134 g/mol. The van der Waals surface area contributed by atoms with Crippen LogP contribution in [0, 0.1) is 10.1 Å². The first kappa shape index (κ1) is 7.29. The number of nitro groups is 1. The van der Waals surface area contributed by atoms with Gasteiger partial charge in [-0.1, -0.05) is 0 Å². The van der Waals surface area contributed by atoms with Gasteiger partial charge in [0.2, 0.25) is 0 Å². The van der Waals surface area contributed by atoms with E-state index in [0.29, 0.717) is 0 Å². The van der Waals surface area contributed by atoms with Crippen LogP contribution in [0.2, 0.25) is 0 Å². The van der Waals surface area contributed by atoms with Gasteiger partial charge in [-0.15, -0.1) is 11.8 Å². The van der Waals surface area contributed by atoms with Gasteiger partial charge in [0.15, 0.2) is 0 Å². The van der Waals surface area contributed by atoms with Crippen LogP contribution in [0.4, 0.5) is 0 Å². The van der Waals surface area contributed by atoms with Gasteiger partial charge in [-0.2, -0.15) is 0 Å². The van der Waals surface area contributed by atoms with Gasteiger partial charge in [-0.3, -0.25) is 10.1 Å². The fourth-order valence-corrected chi connectivity index (χ4v) is 0.348. The zero-order valence-corrected chi connectivity index (χ0v) is 5.14. The third-order valence-corrected chi connectivity index (χ3v) is 1.05. The molecule has 0 aromatic carbocycles. The Kier molecular flexibility index (Phi) is 3.02. The summed E-state index contributed by atoms with van der Waals surface area (Å²) in [4.78, 5) is 9.03. The number of nitrogens with two attached hydrogens (primary N) is 1. The van der Waals surface area contributed by atoms with Crippen molar-refractivity contribution < 1.29 is 4.92 Å². The highest BCUT2D eigenvalue weighted by Crippen LogP contribution is 2.01. The van der Waals surface area contributed by atoms with Crippen LogP contribution in [0.15, 0.2) is 11.2 Å².